The van der Waals surface area contributed by atoms with E-state index in [4.69, 9.17) is 9.47 Å². The zero-order chi connectivity index (χ0) is 21.5. The van der Waals surface area contributed by atoms with Gasteiger partial charge in [0.15, 0.2) is 5.75 Å². The number of nitrogens with one attached hydrogen (secondary N) is 1. The van der Waals surface area contributed by atoms with Crippen molar-refractivity contribution in [3.63, 3.8) is 0 Å². The molecule has 1 aromatic heterocycles. The van der Waals surface area contributed by atoms with Gasteiger partial charge in [0.2, 0.25) is 10.9 Å². The SMILES string of the molecule is CCOc1cc(/C=N\Nc2nc(-c3ccccc3)c(C)s2)cc([N+](=O)[O-])c1OCC. The van der Waals surface area contributed by atoms with Crippen LogP contribution in [-0.4, -0.2) is 29.3 Å². The van der Waals surface area contributed by atoms with Gasteiger partial charge in [0.05, 0.1) is 30.0 Å². The molecule has 9 heteroatoms. The van der Waals surface area contributed by atoms with Gasteiger partial charge in [-0.25, -0.2) is 4.98 Å². The maximum Gasteiger partial charge on any atom is 0.315 e. The lowest BCUT2D eigenvalue weighted by Crippen LogP contribution is -2.03. The summed E-state index contributed by atoms with van der Waals surface area (Å²) in [5.41, 5.74) is 5.18. The molecule has 0 aliphatic carbocycles. The molecule has 3 aromatic rings. The number of hydrazone groups is 1. The van der Waals surface area contributed by atoms with Gasteiger partial charge < -0.3 is 9.47 Å². The van der Waals surface area contributed by atoms with Gasteiger partial charge in [-0.15, -0.1) is 11.3 Å². The monoisotopic (exact) mass is 426 g/mol. The summed E-state index contributed by atoms with van der Waals surface area (Å²) in [5, 5.41) is 16.3. The topological polar surface area (TPSA) is 98.9 Å². The number of nitrogens with zero attached hydrogens (tertiary/aromatic N) is 3. The van der Waals surface area contributed by atoms with Crippen LogP contribution in [0, 0.1) is 17.0 Å². The number of nitro benzene ring substituents is 1. The van der Waals surface area contributed by atoms with Gasteiger partial charge in [-0.2, -0.15) is 5.10 Å². The number of hydrogen-bond acceptors (Lipinski definition) is 8. The van der Waals surface area contributed by atoms with E-state index in [1.165, 1.54) is 23.6 Å². The first kappa shape index (κ1) is 21.3. The van der Waals surface area contributed by atoms with Crippen molar-refractivity contribution < 1.29 is 14.4 Å². The Morgan fingerprint density at radius 2 is 1.93 bits per heavy atom. The molecule has 3 rings (SSSR count). The lowest BCUT2D eigenvalue weighted by molar-refractivity contribution is -0.385. The number of ether oxygens (including phenoxy) is 2. The van der Waals surface area contributed by atoms with Crippen molar-refractivity contribution in [3.05, 3.63) is 63.0 Å². The largest absolute Gasteiger partial charge is 0.490 e. The molecule has 0 spiro atoms. The predicted molar refractivity (Wildman–Crippen MR) is 119 cm³/mol. The van der Waals surface area contributed by atoms with Crippen molar-refractivity contribution in [1.29, 1.82) is 0 Å². The molecule has 0 fully saturated rings. The highest BCUT2D eigenvalue weighted by Gasteiger charge is 2.22. The van der Waals surface area contributed by atoms with E-state index in [1.54, 1.807) is 19.9 Å². The Kier molecular flexibility index (Phi) is 6.97. The van der Waals surface area contributed by atoms with E-state index >= 15 is 0 Å². The van der Waals surface area contributed by atoms with E-state index in [0.29, 0.717) is 29.7 Å². The van der Waals surface area contributed by atoms with Gasteiger partial charge in [-0.05, 0) is 26.8 Å². The number of hydrogen-bond donors (Lipinski definition) is 1. The molecule has 30 heavy (non-hydrogen) atoms. The molecule has 1 N–H and O–H groups in total. The van der Waals surface area contributed by atoms with Crippen LogP contribution in [0.25, 0.3) is 11.3 Å². The fourth-order valence-electron chi connectivity index (χ4n) is 2.84. The molecule has 0 aliphatic rings. The summed E-state index contributed by atoms with van der Waals surface area (Å²) < 4.78 is 11.0. The molecular weight excluding hydrogens is 404 g/mol. The highest BCUT2D eigenvalue weighted by atomic mass is 32.1. The van der Waals surface area contributed by atoms with Crippen molar-refractivity contribution in [2.45, 2.75) is 20.8 Å². The second-order valence-corrected chi connectivity index (χ2v) is 7.35. The van der Waals surface area contributed by atoms with E-state index < -0.39 is 4.92 Å². The van der Waals surface area contributed by atoms with Gasteiger partial charge in [0, 0.05) is 22.1 Å². The van der Waals surface area contributed by atoms with Crippen LogP contribution >= 0.6 is 11.3 Å². The van der Waals surface area contributed by atoms with E-state index in [9.17, 15) is 10.1 Å². The second kappa shape index (κ2) is 9.84. The smallest absolute Gasteiger partial charge is 0.315 e. The number of nitro groups is 1. The normalized spacial score (nSPS) is 10.9. The molecule has 0 saturated carbocycles. The van der Waals surface area contributed by atoms with Crippen molar-refractivity contribution in [2.75, 3.05) is 18.6 Å². The van der Waals surface area contributed by atoms with Gasteiger partial charge in [-0.3, -0.25) is 15.5 Å². The minimum Gasteiger partial charge on any atom is -0.490 e. The molecular formula is C21H22N4O4S. The van der Waals surface area contributed by atoms with Gasteiger partial charge in [-0.1, -0.05) is 30.3 Å². The van der Waals surface area contributed by atoms with Crippen LogP contribution in [0.1, 0.15) is 24.3 Å². The van der Waals surface area contributed by atoms with Crippen molar-refractivity contribution in [2.24, 2.45) is 5.10 Å². The molecule has 0 bridgehead atoms. The average molecular weight is 426 g/mol. The van der Waals surface area contributed by atoms with Gasteiger partial charge >= 0.3 is 5.69 Å². The number of aryl methyl sites for hydroxylation is 1. The zero-order valence-electron chi connectivity index (χ0n) is 16.9. The minimum atomic E-state index is -0.491. The zero-order valence-corrected chi connectivity index (χ0v) is 17.7. The first-order chi connectivity index (χ1) is 14.5. The molecule has 0 radical (unpaired) electrons. The Bertz CT molecular complexity index is 1050. The Balaban J connectivity index is 1.83. The number of thiazole rings is 1. The quantitative estimate of drug-likeness (QED) is 0.284. The lowest BCUT2D eigenvalue weighted by atomic mass is 10.1. The van der Waals surface area contributed by atoms with E-state index in [1.807, 2.05) is 37.3 Å². The number of benzene rings is 2. The first-order valence-electron chi connectivity index (χ1n) is 9.43. The Morgan fingerprint density at radius 1 is 1.20 bits per heavy atom. The van der Waals surface area contributed by atoms with Crippen LogP contribution in [0.4, 0.5) is 10.8 Å². The second-order valence-electron chi connectivity index (χ2n) is 6.15. The highest BCUT2D eigenvalue weighted by molar-refractivity contribution is 7.15. The maximum absolute atomic E-state index is 11.5. The summed E-state index contributed by atoms with van der Waals surface area (Å²) in [4.78, 5) is 16.6. The summed E-state index contributed by atoms with van der Waals surface area (Å²) in [5.74, 6) is 0.434. The average Bonchev–Trinajstić information content (AvgIpc) is 3.11. The molecule has 0 amide bonds. The van der Waals surface area contributed by atoms with Crippen molar-refractivity contribution >= 4 is 28.4 Å². The number of rotatable bonds is 9. The van der Waals surface area contributed by atoms with Gasteiger partial charge in [0.25, 0.3) is 0 Å². The molecule has 0 aliphatic heterocycles. The third-order valence-electron chi connectivity index (χ3n) is 4.06. The maximum atomic E-state index is 11.5. The third-order valence-corrected chi connectivity index (χ3v) is 4.94. The van der Waals surface area contributed by atoms with Crippen molar-refractivity contribution in [3.8, 4) is 22.8 Å². The number of aromatic nitrogens is 1. The van der Waals surface area contributed by atoms with E-state index in [-0.39, 0.29) is 11.4 Å². The summed E-state index contributed by atoms with van der Waals surface area (Å²) in [6, 6.07) is 13.0. The predicted octanol–water partition coefficient (Wildman–Crippen LogP) is 5.27. The molecule has 1 heterocycles. The van der Waals surface area contributed by atoms with Crippen LogP contribution in [0.3, 0.4) is 0 Å². The molecule has 0 unspecified atom stereocenters. The first-order valence-corrected chi connectivity index (χ1v) is 10.2. The number of anilines is 1. The lowest BCUT2D eigenvalue weighted by Gasteiger charge is -2.11. The van der Waals surface area contributed by atoms with E-state index in [2.05, 4.69) is 15.5 Å². The molecule has 0 atom stereocenters. The van der Waals surface area contributed by atoms with Crippen LogP contribution in [0.2, 0.25) is 0 Å². The fourth-order valence-corrected chi connectivity index (χ4v) is 3.63. The molecule has 156 valence electrons. The highest BCUT2D eigenvalue weighted by Crippen LogP contribution is 2.38. The summed E-state index contributed by atoms with van der Waals surface area (Å²) in [6.07, 6.45) is 1.49. The van der Waals surface area contributed by atoms with Crippen LogP contribution in [-0.2, 0) is 0 Å². The van der Waals surface area contributed by atoms with Crippen LogP contribution < -0.4 is 14.9 Å². The van der Waals surface area contributed by atoms with Crippen LogP contribution in [0.15, 0.2) is 47.6 Å². The molecule has 0 saturated heterocycles. The van der Waals surface area contributed by atoms with Gasteiger partial charge in [0.1, 0.15) is 0 Å². The van der Waals surface area contributed by atoms with E-state index in [0.717, 1.165) is 16.1 Å². The molecule has 8 nitrogen and oxygen atoms in total. The van der Waals surface area contributed by atoms with Crippen LogP contribution in [0.5, 0.6) is 11.5 Å². The third kappa shape index (κ3) is 4.93. The fraction of sp³-hybridized carbons (Fsp3) is 0.238. The van der Waals surface area contributed by atoms with Crippen molar-refractivity contribution in [1.82, 2.24) is 4.98 Å². The Labute approximate surface area is 178 Å². The summed E-state index contributed by atoms with van der Waals surface area (Å²) in [7, 11) is 0. The summed E-state index contributed by atoms with van der Waals surface area (Å²) >= 11 is 1.48. The minimum absolute atomic E-state index is 0.123. The Hall–Kier alpha value is -3.46. The Morgan fingerprint density at radius 3 is 2.60 bits per heavy atom. The summed E-state index contributed by atoms with van der Waals surface area (Å²) in [6.45, 7) is 6.22. The molecule has 2 aromatic carbocycles. The standard InChI is InChI=1S/C21H22N4O4S/c1-4-28-18-12-15(11-17(25(26)27)20(18)29-5-2)13-22-24-21-23-19(14(3)30-21)16-9-7-6-8-10-16/h6-13H,4-5H2,1-3H3,(H,23,24)/b22-13-.